The minimum absolute atomic E-state index is 0.0838. The monoisotopic (exact) mass is 403 g/mol. The first-order valence-electron chi connectivity index (χ1n) is 8.25. The third-order valence-electron chi connectivity index (χ3n) is 4.15. The van der Waals surface area contributed by atoms with Crippen LogP contribution in [0.3, 0.4) is 0 Å². The van der Waals surface area contributed by atoms with Crippen molar-refractivity contribution in [2.45, 2.75) is 16.4 Å². The molecule has 7 heteroatoms. The molecule has 1 N–H and O–H groups in total. The molecule has 0 saturated heterocycles. The van der Waals surface area contributed by atoms with E-state index < -0.39 is 26.8 Å². The van der Waals surface area contributed by atoms with E-state index in [1.807, 2.05) is 19.1 Å². The van der Waals surface area contributed by atoms with Crippen LogP contribution in [0.4, 0.5) is 4.39 Å². The smallest absolute Gasteiger partial charge is 0.251 e. The summed E-state index contributed by atoms with van der Waals surface area (Å²) in [7, 11) is -3.66. The lowest BCUT2D eigenvalue weighted by atomic mass is 10.1. The summed E-state index contributed by atoms with van der Waals surface area (Å²) in [5.74, 6) is -0.891. The number of halogens is 1. The van der Waals surface area contributed by atoms with Gasteiger partial charge in [0.25, 0.3) is 5.91 Å². The lowest BCUT2D eigenvalue weighted by Gasteiger charge is -2.18. The number of aryl methyl sites for hydroxylation is 1. The predicted molar refractivity (Wildman–Crippen MR) is 104 cm³/mol. The molecule has 0 fully saturated rings. The Kier molecular flexibility index (Phi) is 5.72. The van der Waals surface area contributed by atoms with Gasteiger partial charge in [-0.15, -0.1) is 11.3 Å². The van der Waals surface area contributed by atoms with E-state index in [0.717, 1.165) is 16.9 Å². The van der Waals surface area contributed by atoms with Crippen molar-refractivity contribution in [3.8, 4) is 0 Å². The van der Waals surface area contributed by atoms with Crippen LogP contribution in [-0.4, -0.2) is 20.9 Å². The number of carbonyl (C=O) groups is 1. The molecule has 1 amide bonds. The summed E-state index contributed by atoms with van der Waals surface area (Å²) in [4.78, 5) is 12.3. The highest BCUT2D eigenvalue weighted by Crippen LogP contribution is 2.31. The van der Waals surface area contributed by atoms with Gasteiger partial charge in [0, 0.05) is 12.1 Å². The van der Waals surface area contributed by atoms with Crippen LogP contribution in [0.2, 0.25) is 0 Å². The number of sulfone groups is 1. The molecule has 3 aromatic rings. The van der Waals surface area contributed by atoms with Crippen LogP contribution in [0.1, 0.15) is 26.7 Å². The fraction of sp³-hybridized carbons (Fsp3) is 0.150. The molecule has 1 aromatic heterocycles. The number of carbonyl (C=O) groups excluding carboxylic acids is 1. The number of amides is 1. The summed E-state index contributed by atoms with van der Waals surface area (Å²) >= 11 is 1.15. The molecule has 1 heterocycles. The Morgan fingerprint density at radius 2 is 1.74 bits per heavy atom. The van der Waals surface area contributed by atoms with Crippen LogP contribution < -0.4 is 5.32 Å². The Morgan fingerprint density at radius 3 is 2.33 bits per heavy atom. The van der Waals surface area contributed by atoms with Crippen molar-refractivity contribution in [3.63, 3.8) is 0 Å². The molecule has 2 aromatic carbocycles. The maximum absolute atomic E-state index is 13.1. The summed E-state index contributed by atoms with van der Waals surface area (Å²) in [6, 6.07) is 15.5. The van der Waals surface area contributed by atoms with Gasteiger partial charge in [0.2, 0.25) is 0 Å². The number of benzene rings is 2. The molecule has 0 bridgehead atoms. The summed E-state index contributed by atoms with van der Waals surface area (Å²) in [6.07, 6.45) is 0. The van der Waals surface area contributed by atoms with Crippen molar-refractivity contribution < 1.29 is 17.6 Å². The molecule has 0 aliphatic heterocycles. The number of hydrogen-bond acceptors (Lipinski definition) is 4. The molecular formula is C20H18FNO3S2. The van der Waals surface area contributed by atoms with E-state index in [2.05, 4.69) is 5.32 Å². The maximum atomic E-state index is 13.1. The highest BCUT2D eigenvalue weighted by Gasteiger charge is 2.30. The fourth-order valence-corrected chi connectivity index (χ4v) is 5.51. The van der Waals surface area contributed by atoms with E-state index in [4.69, 9.17) is 0 Å². The van der Waals surface area contributed by atoms with Gasteiger partial charge < -0.3 is 5.32 Å². The molecule has 27 heavy (non-hydrogen) atoms. The van der Waals surface area contributed by atoms with Crippen LogP contribution in [0.5, 0.6) is 0 Å². The van der Waals surface area contributed by atoms with Gasteiger partial charge in [0.05, 0.1) is 0 Å². The molecule has 1 atom stereocenters. The first-order chi connectivity index (χ1) is 12.9. The van der Waals surface area contributed by atoms with E-state index in [0.29, 0.717) is 5.56 Å². The van der Waals surface area contributed by atoms with Gasteiger partial charge in [-0.25, -0.2) is 12.8 Å². The van der Waals surface area contributed by atoms with E-state index in [1.54, 1.807) is 29.6 Å². The van der Waals surface area contributed by atoms with Crippen LogP contribution in [0.15, 0.2) is 70.3 Å². The topological polar surface area (TPSA) is 63.2 Å². The van der Waals surface area contributed by atoms with Crippen molar-refractivity contribution in [1.82, 2.24) is 5.32 Å². The van der Waals surface area contributed by atoms with Crippen LogP contribution in [0, 0.1) is 12.7 Å². The van der Waals surface area contributed by atoms with Gasteiger partial charge in [0.15, 0.2) is 9.84 Å². The normalized spacial score (nSPS) is 12.5. The van der Waals surface area contributed by atoms with Crippen molar-refractivity contribution in [1.29, 1.82) is 0 Å². The Bertz CT molecular complexity index is 1010. The van der Waals surface area contributed by atoms with Crippen molar-refractivity contribution in [3.05, 3.63) is 88.6 Å². The second-order valence-electron chi connectivity index (χ2n) is 6.09. The zero-order valence-electron chi connectivity index (χ0n) is 14.6. The Labute approximate surface area is 161 Å². The average molecular weight is 404 g/mol. The van der Waals surface area contributed by atoms with Crippen molar-refractivity contribution >= 4 is 27.1 Å². The summed E-state index contributed by atoms with van der Waals surface area (Å²) in [6.45, 7) is 1.84. The minimum atomic E-state index is -3.66. The fourth-order valence-electron chi connectivity index (χ4n) is 2.64. The summed E-state index contributed by atoms with van der Waals surface area (Å²) in [5, 5.41) is 3.45. The van der Waals surface area contributed by atoms with Gasteiger partial charge >= 0.3 is 0 Å². The minimum Gasteiger partial charge on any atom is -0.350 e. The van der Waals surface area contributed by atoms with Gasteiger partial charge in [-0.3, -0.25) is 4.79 Å². The SMILES string of the molecule is Cc1ccc([C@@H](CNC(=O)c2ccc(F)cc2)S(=O)(=O)c2cccs2)cc1. The van der Waals surface area contributed by atoms with Gasteiger partial charge in [0.1, 0.15) is 15.3 Å². The van der Waals surface area contributed by atoms with E-state index in [9.17, 15) is 17.6 Å². The van der Waals surface area contributed by atoms with Crippen LogP contribution in [-0.2, 0) is 9.84 Å². The second-order valence-corrected chi connectivity index (χ2v) is 9.40. The predicted octanol–water partition coefficient (Wildman–Crippen LogP) is 4.14. The summed E-state index contributed by atoms with van der Waals surface area (Å²) < 4.78 is 39.4. The van der Waals surface area contributed by atoms with Gasteiger partial charge in [-0.05, 0) is 48.2 Å². The van der Waals surface area contributed by atoms with E-state index >= 15 is 0 Å². The zero-order chi connectivity index (χ0) is 19.4. The molecular weight excluding hydrogens is 385 g/mol. The third-order valence-corrected chi connectivity index (χ3v) is 7.69. The van der Waals surface area contributed by atoms with Gasteiger partial charge in [-0.1, -0.05) is 35.9 Å². The number of thiophene rings is 1. The lowest BCUT2D eigenvalue weighted by molar-refractivity contribution is 0.0953. The quantitative estimate of drug-likeness (QED) is 0.673. The Balaban J connectivity index is 1.87. The number of rotatable bonds is 6. The molecule has 0 saturated carbocycles. The average Bonchev–Trinajstić information content (AvgIpc) is 3.19. The summed E-state index contributed by atoms with van der Waals surface area (Å²) in [5.41, 5.74) is 1.89. The lowest BCUT2D eigenvalue weighted by Crippen LogP contribution is -2.31. The second kappa shape index (κ2) is 8.02. The largest absolute Gasteiger partial charge is 0.350 e. The Hall–Kier alpha value is -2.51. The molecule has 0 radical (unpaired) electrons. The highest BCUT2D eigenvalue weighted by atomic mass is 32.2. The highest BCUT2D eigenvalue weighted by molar-refractivity contribution is 7.93. The first-order valence-corrected chi connectivity index (χ1v) is 10.7. The molecule has 0 aliphatic rings. The molecule has 140 valence electrons. The standard InChI is InChI=1S/C20H18FNO3S2/c1-14-4-6-15(7-5-14)18(27(24,25)19-3-2-12-26-19)13-22-20(23)16-8-10-17(21)11-9-16/h2-12,18H,13H2,1H3,(H,22,23)/t18-/m1/s1. The third kappa shape index (κ3) is 4.43. The Morgan fingerprint density at radius 1 is 1.07 bits per heavy atom. The molecule has 0 aliphatic carbocycles. The molecule has 0 spiro atoms. The molecule has 4 nitrogen and oxygen atoms in total. The van der Waals surface area contributed by atoms with Crippen LogP contribution in [0.25, 0.3) is 0 Å². The van der Waals surface area contributed by atoms with Gasteiger partial charge in [-0.2, -0.15) is 0 Å². The van der Waals surface area contributed by atoms with Crippen LogP contribution >= 0.6 is 11.3 Å². The van der Waals surface area contributed by atoms with Crippen molar-refractivity contribution in [2.24, 2.45) is 0 Å². The zero-order valence-corrected chi connectivity index (χ0v) is 16.2. The maximum Gasteiger partial charge on any atom is 0.251 e. The molecule has 3 rings (SSSR count). The first kappa shape index (κ1) is 19.3. The van der Waals surface area contributed by atoms with Crippen molar-refractivity contribution in [2.75, 3.05) is 6.54 Å². The molecule has 0 unspecified atom stereocenters. The van der Waals surface area contributed by atoms with E-state index in [-0.39, 0.29) is 16.3 Å². The van der Waals surface area contributed by atoms with E-state index in [1.165, 1.54) is 24.3 Å². The number of hydrogen-bond donors (Lipinski definition) is 1. The number of nitrogens with one attached hydrogen (secondary N) is 1.